The maximum atomic E-state index is 12.7. The number of para-hydroxylation sites is 1. The Hall–Kier alpha value is -1.95. The van der Waals surface area contributed by atoms with E-state index in [1.165, 1.54) is 16.7 Å². The minimum absolute atomic E-state index is 0.0787. The van der Waals surface area contributed by atoms with Crippen molar-refractivity contribution in [1.29, 1.82) is 0 Å². The molecule has 1 amide bonds. The second kappa shape index (κ2) is 5.44. The number of nitrogens with zero attached hydrogens (tertiary/aromatic N) is 1. The third-order valence-electron chi connectivity index (χ3n) is 3.72. The summed E-state index contributed by atoms with van der Waals surface area (Å²) in [5.74, 6) is -0.738. The Morgan fingerprint density at radius 2 is 2.19 bits per heavy atom. The Morgan fingerprint density at radius 1 is 1.43 bits per heavy atom. The monoisotopic (exact) mass is 304 g/mol. The Bertz CT molecular complexity index is 664. The molecule has 1 saturated heterocycles. The fourth-order valence-corrected chi connectivity index (χ4v) is 4.01. The summed E-state index contributed by atoms with van der Waals surface area (Å²) in [6.45, 7) is 1.97. The number of carboxylic acids is 1. The molecule has 2 atom stereocenters. The van der Waals surface area contributed by atoms with Crippen molar-refractivity contribution in [3.05, 3.63) is 36.0 Å². The third kappa shape index (κ3) is 2.40. The third-order valence-corrected chi connectivity index (χ3v) is 5.18. The van der Waals surface area contributed by atoms with Crippen LogP contribution in [-0.2, 0) is 4.79 Å². The first-order valence-corrected chi connectivity index (χ1v) is 7.91. The van der Waals surface area contributed by atoms with Gasteiger partial charge in [0.15, 0.2) is 0 Å². The van der Waals surface area contributed by atoms with E-state index in [9.17, 15) is 14.7 Å². The van der Waals surface area contributed by atoms with Crippen LogP contribution in [0.2, 0.25) is 0 Å². The zero-order chi connectivity index (χ0) is 15.0. The van der Waals surface area contributed by atoms with Gasteiger partial charge in [-0.1, -0.05) is 25.1 Å². The number of fused-ring (bicyclic) bond motifs is 1. The van der Waals surface area contributed by atoms with E-state index in [1.54, 1.807) is 6.07 Å². The van der Waals surface area contributed by atoms with Crippen molar-refractivity contribution in [3.8, 4) is 0 Å². The highest BCUT2D eigenvalue weighted by Gasteiger charge is 2.41. The van der Waals surface area contributed by atoms with E-state index in [4.69, 9.17) is 0 Å². The first kappa shape index (κ1) is 14.0. The van der Waals surface area contributed by atoms with Crippen LogP contribution in [0.4, 0.5) is 0 Å². The Kier molecular flexibility index (Phi) is 3.63. The van der Waals surface area contributed by atoms with Gasteiger partial charge < -0.3 is 15.0 Å². The van der Waals surface area contributed by atoms with Crippen LogP contribution in [0.5, 0.6) is 0 Å². The van der Waals surface area contributed by atoms with E-state index in [0.29, 0.717) is 11.4 Å². The molecule has 1 fully saturated rings. The van der Waals surface area contributed by atoms with Crippen LogP contribution in [-0.4, -0.2) is 44.0 Å². The van der Waals surface area contributed by atoms with Crippen molar-refractivity contribution < 1.29 is 14.7 Å². The highest BCUT2D eigenvalue weighted by molar-refractivity contribution is 8.00. The van der Waals surface area contributed by atoms with Gasteiger partial charge in [0.25, 0.3) is 5.91 Å². The number of nitrogens with one attached hydrogen (secondary N) is 1. The molecule has 1 aliphatic heterocycles. The standard InChI is InChI=1S/C15H16N2O3S/c1-2-13-17(12(8-21-13)15(19)20)14(18)11-7-9-5-3-4-6-10(9)16-11/h3-7,12-13,16H,2,8H2,1H3,(H,19,20). The molecule has 2 N–H and O–H groups in total. The molecule has 3 rings (SSSR count). The summed E-state index contributed by atoms with van der Waals surface area (Å²) in [7, 11) is 0. The first-order valence-electron chi connectivity index (χ1n) is 6.86. The molecule has 1 aliphatic rings. The highest BCUT2D eigenvalue weighted by Crippen LogP contribution is 2.33. The smallest absolute Gasteiger partial charge is 0.327 e. The fourth-order valence-electron chi connectivity index (χ4n) is 2.67. The van der Waals surface area contributed by atoms with Crippen LogP contribution < -0.4 is 0 Å². The van der Waals surface area contributed by atoms with E-state index in [1.807, 2.05) is 31.2 Å². The number of aromatic amines is 1. The molecule has 1 aromatic heterocycles. The Morgan fingerprint density at radius 3 is 2.86 bits per heavy atom. The van der Waals surface area contributed by atoms with Crippen molar-refractivity contribution in [3.63, 3.8) is 0 Å². The predicted octanol–water partition coefficient (Wildman–Crippen LogP) is 2.55. The normalized spacial score (nSPS) is 21.9. The van der Waals surface area contributed by atoms with Crippen LogP contribution in [0.25, 0.3) is 10.9 Å². The first-order chi connectivity index (χ1) is 10.1. The van der Waals surface area contributed by atoms with Crippen molar-refractivity contribution in [2.75, 3.05) is 5.75 Å². The lowest BCUT2D eigenvalue weighted by Crippen LogP contribution is -2.45. The summed E-state index contributed by atoms with van der Waals surface area (Å²) in [6.07, 6.45) is 0.737. The predicted molar refractivity (Wildman–Crippen MR) is 82.4 cm³/mol. The molecule has 2 aromatic rings. The van der Waals surface area contributed by atoms with Gasteiger partial charge in [0.05, 0.1) is 5.37 Å². The van der Waals surface area contributed by atoms with E-state index >= 15 is 0 Å². The van der Waals surface area contributed by atoms with Crippen molar-refractivity contribution in [2.24, 2.45) is 0 Å². The molecule has 0 aliphatic carbocycles. The van der Waals surface area contributed by atoms with Crippen LogP contribution in [0.15, 0.2) is 30.3 Å². The van der Waals surface area contributed by atoms with E-state index < -0.39 is 12.0 Å². The zero-order valence-electron chi connectivity index (χ0n) is 11.6. The number of carboxylic acid groups (broad SMARTS) is 1. The lowest BCUT2D eigenvalue weighted by atomic mass is 10.2. The molecule has 2 unspecified atom stereocenters. The van der Waals surface area contributed by atoms with Crippen molar-refractivity contribution >= 4 is 34.5 Å². The van der Waals surface area contributed by atoms with Gasteiger partial charge in [-0.05, 0) is 18.6 Å². The number of amides is 1. The molecular formula is C15H16N2O3S. The fraction of sp³-hybridized carbons (Fsp3) is 0.333. The van der Waals surface area contributed by atoms with Gasteiger partial charge >= 0.3 is 5.97 Å². The largest absolute Gasteiger partial charge is 0.480 e. The average Bonchev–Trinajstić information content (AvgIpc) is 3.09. The quantitative estimate of drug-likeness (QED) is 0.914. The summed E-state index contributed by atoms with van der Waals surface area (Å²) in [4.78, 5) is 28.7. The SMILES string of the molecule is CCC1SCC(C(=O)O)N1C(=O)c1cc2ccccc2[nH]1. The van der Waals surface area contributed by atoms with Crippen LogP contribution in [0.1, 0.15) is 23.8 Å². The molecule has 6 heteroatoms. The van der Waals surface area contributed by atoms with Crippen LogP contribution >= 0.6 is 11.8 Å². The number of hydrogen-bond acceptors (Lipinski definition) is 3. The lowest BCUT2D eigenvalue weighted by Gasteiger charge is -2.26. The van der Waals surface area contributed by atoms with Crippen LogP contribution in [0, 0.1) is 0 Å². The van der Waals surface area contributed by atoms with Crippen molar-refractivity contribution in [2.45, 2.75) is 24.8 Å². The number of H-pyrrole nitrogens is 1. The van der Waals surface area contributed by atoms with Gasteiger partial charge in [-0.25, -0.2) is 4.79 Å². The molecule has 0 saturated carbocycles. The maximum absolute atomic E-state index is 12.7. The minimum Gasteiger partial charge on any atom is -0.480 e. The van der Waals surface area contributed by atoms with Gasteiger partial charge in [-0.3, -0.25) is 4.79 Å². The molecule has 1 aromatic carbocycles. The molecule has 21 heavy (non-hydrogen) atoms. The second-order valence-corrected chi connectivity index (χ2v) is 6.24. The number of aromatic nitrogens is 1. The van der Waals surface area contributed by atoms with Gasteiger partial charge in [-0.2, -0.15) is 0 Å². The Labute approximate surface area is 126 Å². The Balaban J connectivity index is 1.96. The molecule has 110 valence electrons. The second-order valence-electron chi connectivity index (χ2n) is 5.03. The van der Waals surface area contributed by atoms with E-state index in [0.717, 1.165) is 17.3 Å². The highest BCUT2D eigenvalue weighted by atomic mass is 32.2. The number of rotatable bonds is 3. The summed E-state index contributed by atoms with van der Waals surface area (Å²) >= 11 is 1.53. The lowest BCUT2D eigenvalue weighted by molar-refractivity contribution is -0.141. The van der Waals surface area contributed by atoms with Gasteiger partial charge in [-0.15, -0.1) is 11.8 Å². The molecule has 5 nitrogen and oxygen atoms in total. The van der Waals surface area contributed by atoms with Gasteiger partial charge in [0, 0.05) is 16.7 Å². The number of benzene rings is 1. The summed E-state index contributed by atoms with van der Waals surface area (Å²) in [5.41, 5.74) is 1.33. The minimum atomic E-state index is -0.942. The number of thioether (sulfide) groups is 1. The van der Waals surface area contributed by atoms with Crippen LogP contribution in [0.3, 0.4) is 0 Å². The number of carbonyl (C=O) groups excluding carboxylic acids is 1. The summed E-state index contributed by atoms with van der Waals surface area (Å²) < 4.78 is 0. The zero-order valence-corrected chi connectivity index (χ0v) is 12.4. The molecule has 0 radical (unpaired) electrons. The van der Waals surface area contributed by atoms with E-state index in [-0.39, 0.29) is 11.3 Å². The number of aliphatic carboxylic acids is 1. The molecular weight excluding hydrogens is 288 g/mol. The van der Waals surface area contributed by atoms with Gasteiger partial charge in [0.1, 0.15) is 11.7 Å². The molecule has 0 bridgehead atoms. The molecule has 0 spiro atoms. The summed E-state index contributed by atoms with van der Waals surface area (Å²) in [5, 5.41) is 10.2. The maximum Gasteiger partial charge on any atom is 0.327 e. The van der Waals surface area contributed by atoms with Crippen molar-refractivity contribution in [1.82, 2.24) is 9.88 Å². The van der Waals surface area contributed by atoms with E-state index in [2.05, 4.69) is 4.98 Å². The average molecular weight is 304 g/mol. The number of carbonyl (C=O) groups is 2. The number of hydrogen-bond donors (Lipinski definition) is 2. The summed E-state index contributed by atoms with van der Waals surface area (Å²) in [6, 6.07) is 8.66. The van der Waals surface area contributed by atoms with Gasteiger partial charge in [0.2, 0.25) is 0 Å². The molecule has 2 heterocycles. The topological polar surface area (TPSA) is 73.4 Å².